The van der Waals surface area contributed by atoms with Gasteiger partial charge in [0.25, 0.3) is 0 Å². The zero-order valence-corrected chi connectivity index (χ0v) is 17.9. The van der Waals surface area contributed by atoms with E-state index in [1.807, 2.05) is 18.2 Å². The first-order valence-electron chi connectivity index (χ1n) is 10.4. The quantitative estimate of drug-likeness (QED) is 0.742. The number of carbonyl (C=O) groups excluding carboxylic acids is 2. The van der Waals surface area contributed by atoms with Crippen LogP contribution >= 0.6 is 0 Å². The summed E-state index contributed by atoms with van der Waals surface area (Å²) in [7, 11) is 0. The molecule has 0 saturated carbocycles. The number of rotatable bonds is 5. The van der Waals surface area contributed by atoms with Gasteiger partial charge >= 0.3 is 6.18 Å². The molecule has 2 aromatic carbocycles. The van der Waals surface area contributed by atoms with E-state index in [0.29, 0.717) is 18.7 Å². The number of nitrogens with zero attached hydrogens (tertiary/aromatic N) is 1. The van der Waals surface area contributed by atoms with Crippen LogP contribution in [-0.4, -0.2) is 23.3 Å². The minimum Gasteiger partial charge on any atom is -0.349 e. The van der Waals surface area contributed by atoms with E-state index >= 15 is 0 Å². The van der Waals surface area contributed by atoms with Gasteiger partial charge in [-0.15, -0.1) is 0 Å². The van der Waals surface area contributed by atoms with Crippen LogP contribution in [0, 0.1) is 11.8 Å². The number of amides is 2. The first-order chi connectivity index (χ1) is 14.6. The lowest BCUT2D eigenvalue weighted by molar-refractivity contribution is -0.141. The molecule has 31 heavy (non-hydrogen) atoms. The molecule has 1 aliphatic rings. The van der Waals surface area contributed by atoms with Crippen molar-refractivity contribution in [3.63, 3.8) is 0 Å². The molecular weight excluding hydrogens is 405 g/mol. The maximum Gasteiger partial charge on any atom is 0.416 e. The van der Waals surface area contributed by atoms with E-state index in [1.54, 1.807) is 25.7 Å². The smallest absolute Gasteiger partial charge is 0.349 e. The predicted octanol–water partition coefficient (Wildman–Crippen LogP) is 4.74. The average molecular weight is 432 g/mol. The Hall–Kier alpha value is -2.83. The molecule has 0 aliphatic carbocycles. The first-order valence-corrected chi connectivity index (χ1v) is 10.4. The van der Waals surface area contributed by atoms with Crippen LogP contribution in [0.4, 0.5) is 13.2 Å². The largest absolute Gasteiger partial charge is 0.416 e. The van der Waals surface area contributed by atoms with Crippen molar-refractivity contribution in [3.8, 4) is 0 Å². The molecule has 0 radical (unpaired) electrons. The van der Waals surface area contributed by atoms with E-state index in [4.69, 9.17) is 0 Å². The molecule has 0 spiro atoms. The fourth-order valence-electron chi connectivity index (χ4n) is 3.80. The minimum absolute atomic E-state index is 0.0701. The molecule has 1 aliphatic heterocycles. The van der Waals surface area contributed by atoms with Crippen LogP contribution in [0.25, 0.3) is 0 Å². The number of benzene rings is 2. The van der Waals surface area contributed by atoms with Gasteiger partial charge < -0.3 is 10.2 Å². The molecule has 0 aromatic heterocycles. The second kappa shape index (κ2) is 9.12. The van der Waals surface area contributed by atoms with Crippen LogP contribution in [0.5, 0.6) is 0 Å². The molecule has 2 aromatic rings. The van der Waals surface area contributed by atoms with E-state index in [1.165, 1.54) is 17.7 Å². The van der Waals surface area contributed by atoms with Gasteiger partial charge in [-0.3, -0.25) is 9.59 Å². The van der Waals surface area contributed by atoms with Gasteiger partial charge in [-0.05, 0) is 42.2 Å². The minimum atomic E-state index is -4.40. The molecule has 166 valence electrons. The summed E-state index contributed by atoms with van der Waals surface area (Å²) in [5.74, 6) is -1.45. The molecular formula is C24H27F3N2O2. The van der Waals surface area contributed by atoms with Crippen molar-refractivity contribution in [2.24, 2.45) is 11.8 Å². The van der Waals surface area contributed by atoms with E-state index < -0.39 is 29.6 Å². The van der Waals surface area contributed by atoms with Crippen LogP contribution in [0.15, 0.2) is 48.5 Å². The van der Waals surface area contributed by atoms with Crippen molar-refractivity contribution in [1.29, 1.82) is 0 Å². The second-order valence-corrected chi connectivity index (χ2v) is 8.21. The SMILES string of the molecule is CC(NC(=O)[C@H](C)[C@@H](C)C(=O)N1CCc2ccccc2C1)c1ccc(C(F)(F)F)cc1. The molecule has 7 heteroatoms. The summed E-state index contributed by atoms with van der Waals surface area (Å²) in [6, 6.07) is 12.3. The van der Waals surface area contributed by atoms with E-state index in [-0.39, 0.29) is 11.8 Å². The Bertz CT molecular complexity index is 941. The van der Waals surface area contributed by atoms with Crippen molar-refractivity contribution in [2.75, 3.05) is 6.54 Å². The summed E-state index contributed by atoms with van der Waals surface area (Å²) in [4.78, 5) is 27.5. The van der Waals surface area contributed by atoms with Crippen LogP contribution in [0.1, 0.15) is 49.1 Å². The number of alkyl halides is 3. The van der Waals surface area contributed by atoms with Crippen molar-refractivity contribution < 1.29 is 22.8 Å². The fraction of sp³-hybridized carbons (Fsp3) is 0.417. The van der Waals surface area contributed by atoms with Crippen molar-refractivity contribution in [3.05, 3.63) is 70.8 Å². The molecule has 0 saturated heterocycles. The first kappa shape index (κ1) is 22.8. The summed E-state index contributed by atoms with van der Waals surface area (Å²) >= 11 is 0. The highest BCUT2D eigenvalue weighted by molar-refractivity contribution is 5.87. The summed E-state index contributed by atoms with van der Waals surface area (Å²) in [5, 5.41) is 2.82. The molecule has 4 nitrogen and oxygen atoms in total. The van der Waals surface area contributed by atoms with E-state index in [0.717, 1.165) is 24.1 Å². The Morgan fingerprint density at radius 1 is 0.935 bits per heavy atom. The third kappa shape index (κ3) is 5.27. The molecule has 2 amide bonds. The number of nitrogens with one attached hydrogen (secondary N) is 1. The van der Waals surface area contributed by atoms with Gasteiger partial charge in [0.15, 0.2) is 0 Å². The van der Waals surface area contributed by atoms with Crippen molar-refractivity contribution in [1.82, 2.24) is 10.2 Å². The third-order valence-corrected chi connectivity index (χ3v) is 6.09. The average Bonchev–Trinajstić information content (AvgIpc) is 2.76. The van der Waals surface area contributed by atoms with Crippen LogP contribution < -0.4 is 5.32 Å². The zero-order valence-electron chi connectivity index (χ0n) is 17.9. The number of carbonyl (C=O) groups is 2. The number of halogens is 3. The van der Waals surface area contributed by atoms with Crippen LogP contribution in [-0.2, 0) is 28.7 Å². The van der Waals surface area contributed by atoms with Gasteiger partial charge in [0.05, 0.1) is 11.6 Å². The Morgan fingerprint density at radius 2 is 1.55 bits per heavy atom. The summed E-state index contributed by atoms with van der Waals surface area (Å²) in [6.45, 7) is 6.32. The van der Waals surface area contributed by atoms with Crippen LogP contribution in [0.2, 0.25) is 0 Å². The van der Waals surface area contributed by atoms with E-state index in [2.05, 4.69) is 11.4 Å². The van der Waals surface area contributed by atoms with E-state index in [9.17, 15) is 22.8 Å². The topological polar surface area (TPSA) is 49.4 Å². The summed E-state index contributed by atoms with van der Waals surface area (Å²) in [5.41, 5.74) is 2.21. The number of hydrogen-bond donors (Lipinski definition) is 1. The van der Waals surface area contributed by atoms with Gasteiger partial charge in [-0.1, -0.05) is 50.2 Å². The van der Waals surface area contributed by atoms with Gasteiger partial charge in [-0.25, -0.2) is 0 Å². The van der Waals surface area contributed by atoms with Crippen molar-refractivity contribution >= 4 is 11.8 Å². The van der Waals surface area contributed by atoms with Gasteiger partial charge in [0, 0.05) is 24.9 Å². The Morgan fingerprint density at radius 3 is 2.16 bits per heavy atom. The summed E-state index contributed by atoms with van der Waals surface area (Å²) in [6.07, 6.45) is -3.61. The molecule has 0 fully saturated rings. The van der Waals surface area contributed by atoms with Crippen LogP contribution in [0.3, 0.4) is 0 Å². The zero-order chi connectivity index (χ0) is 22.8. The Balaban J connectivity index is 1.59. The molecule has 1 N–H and O–H groups in total. The third-order valence-electron chi connectivity index (χ3n) is 6.09. The number of hydrogen-bond acceptors (Lipinski definition) is 2. The predicted molar refractivity (Wildman–Crippen MR) is 112 cm³/mol. The Labute approximate surface area is 180 Å². The highest BCUT2D eigenvalue weighted by atomic mass is 19.4. The molecule has 1 heterocycles. The molecule has 0 bridgehead atoms. The highest BCUT2D eigenvalue weighted by Crippen LogP contribution is 2.30. The molecule has 1 unspecified atom stereocenters. The lowest BCUT2D eigenvalue weighted by atomic mass is 9.91. The lowest BCUT2D eigenvalue weighted by Gasteiger charge is -2.32. The summed E-state index contributed by atoms with van der Waals surface area (Å²) < 4.78 is 38.2. The van der Waals surface area contributed by atoms with Crippen molar-refractivity contribution in [2.45, 2.75) is 46.0 Å². The molecule has 3 rings (SSSR count). The Kier molecular flexibility index (Phi) is 6.72. The standard InChI is InChI=1S/C24H27F3N2O2/c1-15(16(2)23(31)29-13-12-19-6-4-5-7-20(19)14-29)22(30)28-17(3)18-8-10-21(11-9-18)24(25,26)27/h4-11,15-17H,12-14H2,1-3H3,(H,28,30)/t15-,16-,17?/m1/s1. The maximum absolute atomic E-state index is 13.0. The number of fused-ring (bicyclic) bond motifs is 1. The second-order valence-electron chi connectivity index (χ2n) is 8.21. The van der Waals surface area contributed by atoms with Gasteiger partial charge in [0.2, 0.25) is 11.8 Å². The highest BCUT2D eigenvalue weighted by Gasteiger charge is 2.32. The fourth-order valence-corrected chi connectivity index (χ4v) is 3.80. The monoisotopic (exact) mass is 432 g/mol. The van der Waals surface area contributed by atoms with Gasteiger partial charge in [0.1, 0.15) is 0 Å². The van der Waals surface area contributed by atoms with Gasteiger partial charge in [-0.2, -0.15) is 13.2 Å². The lowest BCUT2D eigenvalue weighted by Crippen LogP contribution is -2.44. The maximum atomic E-state index is 13.0. The normalized spacial score (nSPS) is 16.8. The molecule has 3 atom stereocenters.